The number of nitrogens with one attached hydrogen (secondary N) is 2. The maximum atomic E-state index is 12.7. The number of rotatable bonds is 5. The van der Waals surface area contributed by atoms with Crippen LogP contribution in [0.4, 0.5) is 0 Å². The Morgan fingerprint density at radius 1 is 1.15 bits per heavy atom. The minimum atomic E-state index is -0.666. The van der Waals surface area contributed by atoms with E-state index in [2.05, 4.69) is 27.8 Å². The lowest BCUT2D eigenvalue weighted by molar-refractivity contribution is -0.140. The molecule has 1 saturated heterocycles. The molecule has 0 aromatic carbocycles. The zero-order valence-electron chi connectivity index (χ0n) is 16.0. The van der Waals surface area contributed by atoms with Crippen LogP contribution in [0.3, 0.4) is 0 Å². The van der Waals surface area contributed by atoms with Crippen molar-refractivity contribution in [2.75, 3.05) is 26.7 Å². The first-order valence-electron chi connectivity index (χ1n) is 10.2. The number of allylic oxidation sites excluding steroid dienone is 2. The van der Waals surface area contributed by atoms with E-state index in [1.807, 2.05) is 0 Å². The first-order chi connectivity index (χ1) is 13.0. The quantitative estimate of drug-likeness (QED) is 0.284. The van der Waals surface area contributed by atoms with Gasteiger partial charge in [-0.05, 0) is 31.1 Å². The SMILES string of the molecule is CN=C(NCCN1C(=O)C2C3C=CC(C3)C2C1=O)NCC1(O)CCCCC1. The van der Waals surface area contributed by atoms with Gasteiger partial charge in [-0.2, -0.15) is 0 Å². The van der Waals surface area contributed by atoms with Crippen molar-refractivity contribution in [2.45, 2.75) is 44.1 Å². The second-order valence-electron chi connectivity index (χ2n) is 8.47. The molecular formula is C20H30N4O3. The van der Waals surface area contributed by atoms with Crippen LogP contribution in [0, 0.1) is 23.7 Å². The van der Waals surface area contributed by atoms with Gasteiger partial charge in [0, 0.05) is 26.7 Å². The molecule has 0 radical (unpaired) electrons. The van der Waals surface area contributed by atoms with Crippen LogP contribution in [0.1, 0.15) is 38.5 Å². The molecule has 3 N–H and O–H groups in total. The smallest absolute Gasteiger partial charge is 0.233 e. The molecular weight excluding hydrogens is 344 g/mol. The molecule has 0 spiro atoms. The molecule has 2 bridgehead atoms. The molecule has 0 aromatic rings. The summed E-state index contributed by atoms with van der Waals surface area (Å²) >= 11 is 0. The van der Waals surface area contributed by atoms with Gasteiger partial charge < -0.3 is 15.7 Å². The summed E-state index contributed by atoms with van der Waals surface area (Å²) < 4.78 is 0. The average Bonchev–Trinajstić information content (AvgIpc) is 3.34. The molecule has 4 rings (SSSR count). The van der Waals surface area contributed by atoms with E-state index in [-0.39, 0.29) is 35.5 Å². The zero-order valence-corrected chi connectivity index (χ0v) is 16.0. The summed E-state index contributed by atoms with van der Waals surface area (Å²) in [5.41, 5.74) is -0.666. The number of nitrogens with zero attached hydrogens (tertiary/aromatic N) is 2. The van der Waals surface area contributed by atoms with Crippen molar-refractivity contribution in [3.8, 4) is 0 Å². The van der Waals surface area contributed by atoms with Gasteiger partial charge in [-0.1, -0.05) is 31.4 Å². The maximum absolute atomic E-state index is 12.7. The molecule has 4 unspecified atom stereocenters. The standard InChI is InChI=1S/C20H30N4O3/c1-21-19(23-12-20(27)7-3-2-4-8-20)22-9-10-24-17(25)15-13-5-6-14(11-13)16(15)18(24)26/h5-6,13-16,27H,2-4,7-12H2,1H3,(H2,21,22,23). The minimum Gasteiger partial charge on any atom is -0.388 e. The molecule has 2 saturated carbocycles. The van der Waals surface area contributed by atoms with Crippen LogP contribution in [0.5, 0.6) is 0 Å². The van der Waals surface area contributed by atoms with Crippen molar-refractivity contribution in [3.63, 3.8) is 0 Å². The Balaban J connectivity index is 1.25. The van der Waals surface area contributed by atoms with Crippen LogP contribution >= 0.6 is 0 Å². The summed E-state index contributed by atoms with van der Waals surface area (Å²) in [7, 11) is 1.68. The molecule has 7 heteroatoms. The molecule has 2 amide bonds. The molecule has 7 nitrogen and oxygen atoms in total. The summed E-state index contributed by atoms with van der Waals surface area (Å²) in [6.45, 7) is 1.28. The highest BCUT2D eigenvalue weighted by atomic mass is 16.3. The number of hydrogen-bond acceptors (Lipinski definition) is 4. The van der Waals surface area contributed by atoms with Gasteiger partial charge in [0.05, 0.1) is 17.4 Å². The summed E-state index contributed by atoms with van der Waals surface area (Å²) in [4.78, 5) is 31.0. The zero-order chi connectivity index (χ0) is 19.0. The normalized spacial score (nSPS) is 34.3. The van der Waals surface area contributed by atoms with E-state index in [1.165, 1.54) is 11.3 Å². The van der Waals surface area contributed by atoms with Gasteiger partial charge in [0.2, 0.25) is 11.8 Å². The summed E-state index contributed by atoms with van der Waals surface area (Å²) in [5.74, 6) is 0.803. The largest absolute Gasteiger partial charge is 0.388 e. The Kier molecular flexibility index (Phi) is 4.97. The highest BCUT2D eigenvalue weighted by molar-refractivity contribution is 6.06. The van der Waals surface area contributed by atoms with Crippen molar-refractivity contribution < 1.29 is 14.7 Å². The van der Waals surface area contributed by atoms with Crippen LogP contribution < -0.4 is 10.6 Å². The second-order valence-corrected chi connectivity index (χ2v) is 8.47. The lowest BCUT2D eigenvalue weighted by Crippen LogP contribution is -2.49. The van der Waals surface area contributed by atoms with Gasteiger partial charge in [-0.15, -0.1) is 0 Å². The molecule has 3 aliphatic carbocycles. The Hall–Kier alpha value is -1.89. The van der Waals surface area contributed by atoms with Crippen molar-refractivity contribution in [3.05, 3.63) is 12.2 Å². The number of hydrogen-bond donors (Lipinski definition) is 3. The third-order valence-electron chi connectivity index (χ3n) is 6.78. The molecule has 148 valence electrons. The Morgan fingerprint density at radius 3 is 2.37 bits per heavy atom. The van der Waals surface area contributed by atoms with E-state index >= 15 is 0 Å². The fourth-order valence-corrected chi connectivity index (χ4v) is 5.33. The van der Waals surface area contributed by atoms with Crippen LogP contribution in [-0.4, -0.2) is 60.1 Å². The molecule has 27 heavy (non-hydrogen) atoms. The third-order valence-corrected chi connectivity index (χ3v) is 6.78. The summed E-state index contributed by atoms with van der Waals surface area (Å²) in [5, 5.41) is 16.9. The fraction of sp³-hybridized carbons (Fsp3) is 0.750. The molecule has 1 aliphatic heterocycles. The highest BCUT2D eigenvalue weighted by Gasteiger charge is 2.58. The third kappa shape index (κ3) is 3.37. The number of aliphatic imine (C=N–C) groups is 1. The fourth-order valence-electron chi connectivity index (χ4n) is 5.33. The van der Waals surface area contributed by atoms with E-state index < -0.39 is 5.60 Å². The number of fused-ring (bicyclic) bond motifs is 5. The van der Waals surface area contributed by atoms with E-state index in [1.54, 1.807) is 7.05 Å². The van der Waals surface area contributed by atoms with Gasteiger partial charge in [0.15, 0.2) is 5.96 Å². The van der Waals surface area contributed by atoms with Crippen LogP contribution in [0.15, 0.2) is 17.1 Å². The lowest BCUT2D eigenvalue weighted by Gasteiger charge is -2.32. The van der Waals surface area contributed by atoms with E-state index in [9.17, 15) is 14.7 Å². The number of carbonyl (C=O) groups excluding carboxylic acids is 2. The maximum Gasteiger partial charge on any atom is 0.233 e. The second kappa shape index (κ2) is 7.26. The van der Waals surface area contributed by atoms with Crippen LogP contribution in [-0.2, 0) is 9.59 Å². The summed E-state index contributed by atoms with van der Waals surface area (Å²) in [6, 6.07) is 0. The lowest BCUT2D eigenvalue weighted by atomic mass is 9.85. The van der Waals surface area contributed by atoms with Crippen LogP contribution in [0.25, 0.3) is 0 Å². The number of guanidine groups is 1. The molecule has 1 heterocycles. The number of aliphatic hydroxyl groups is 1. The van der Waals surface area contributed by atoms with E-state index in [4.69, 9.17) is 0 Å². The number of carbonyl (C=O) groups is 2. The number of likely N-dealkylation sites (tertiary alicyclic amines) is 1. The first-order valence-corrected chi connectivity index (χ1v) is 10.2. The van der Waals surface area contributed by atoms with Gasteiger partial charge in [-0.25, -0.2) is 0 Å². The van der Waals surface area contributed by atoms with E-state index in [0.717, 1.165) is 32.1 Å². The Bertz CT molecular complexity index is 638. The minimum absolute atomic E-state index is 0.0110. The van der Waals surface area contributed by atoms with Gasteiger partial charge >= 0.3 is 0 Å². The van der Waals surface area contributed by atoms with Gasteiger partial charge in [0.1, 0.15) is 0 Å². The average molecular weight is 374 g/mol. The van der Waals surface area contributed by atoms with Crippen molar-refractivity contribution in [1.29, 1.82) is 0 Å². The topological polar surface area (TPSA) is 94.0 Å². The van der Waals surface area contributed by atoms with Gasteiger partial charge in [-0.3, -0.25) is 19.5 Å². The highest BCUT2D eigenvalue weighted by Crippen LogP contribution is 2.52. The Labute approximate surface area is 160 Å². The van der Waals surface area contributed by atoms with Crippen LogP contribution in [0.2, 0.25) is 0 Å². The predicted octanol–water partition coefficient (Wildman–Crippen LogP) is 0.654. The van der Waals surface area contributed by atoms with Crippen molar-refractivity contribution >= 4 is 17.8 Å². The summed E-state index contributed by atoms with van der Waals surface area (Å²) in [6.07, 6.45) is 10.1. The molecule has 4 aliphatic rings. The number of imide groups is 1. The molecule has 3 fully saturated rings. The van der Waals surface area contributed by atoms with Crippen molar-refractivity contribution in [2.24, 2.45) is 28.7 Å². The number of amides is 2. The van der Waals surface area contributed by atoms with Crippen molar-refractivity contribution in [1.82, 2.24) is 15.5 Å². The van der Waals surface area contributed by atoms with Gasteiger partial charge in [0.25, 0.3) is 0 Å². The first kappa shape index (κ1) is 18.5. The Morgan fingerprint density at radius 2 is 1.78 bits per heavy atom. The van der Waals surface area contributed by atoms with E-state index in [0.29, 0.717) is 25.6 Å². The molecule has 0 aromatic heterocycles. The molecule has 4 atom stereocenters. The predicted molar refractivity (Wildman–Crippen MR) is 102 cm³/mol. The monoisotopic (exact) mass is 374 g/mol.